The third-order valence-electron chi connectivity index (χ3n) is 4.97. The number of fused-ring (bicyclic) bond motifs is 1. The Bertz CT molecular complexity index is 685. The molecule has 2 fully saturated rings. The Labute approximate surface area is 148 Å². The Balaban J connectivity index is 0.000000157. The molecule has 2 saturated carbocycles. The van der Waals surface area contributed by atoms with Gasteiger partial charge in [0.1, 0.15) is 5.75 Å². The molecule has 0 spiro atoms. The first-order chi connectivity index (χ1) is 12.3. The molecule has 0 bridgehead atoms. The van der Waals surface area contributed by atoms with Crippen molar-refractivity contribution in [1.82, 2.24) is 15.4 Å². The van der Waals surface area contributed by atoms with Crippen molar-refractivity contribution in [3.05, 3.63) is 18.2 Å². The van der Waals surface area contributed by atoms with E-state index in [2.05, 4.69) is 31.4 Å². The lowest BCUT2D eigenvalue weighted by atomic mass is 9.96. The van der Waals surface area contributed by atoms with E-state index in [1.54, 1.807) is 18.2 Å². The van der Waals surface area contributed by atoms with Crippen LogP contribution in [0.5, 0.6) is 5.75 Å². The quantitative estimate of drug-likeness (QED) is 0.789. The summed E-state index contributed by atoms with van der Waals surface area (Å²) in [7, 11) is 0. The van der Waals surface area contributed by atoms with Crippen LogP contribution in [0.3, 0.4) is 0 Å². The van der Waals surface area contributed by atoms with Crippen LogP contribution >= 0.6 is 0 Å². The summed E-state index contributed by atoms with van der Waals surface area (Å²) in [5.41, 5.74) is 1.27. The number of rotatable bonds is 2. The van der Waals surface area contributed by atoms with Gasteiger partial charge in [-0.3, -0.25) is 5.10 Å². The maximum Gasteiger partial charge on any atom is 0.154 e. The van der Waals surface area contributed by atoms with E-state index in [0.717, 1.165) is 5.52 Å². The molecule has 6 heteroatoms. The minimum absolute atomic E-state index is 0.159. The number of phenols is 1. The average molecular weight is 341 g/mol. The smallest absolute Gasteiger partial charge is 0.154 e. The molecule has 2 aliphatic carbocycles. The summed E-state index contributed by atoms with van der Waals surface area (Å²) in [6, 6.07) is 9.15. The number of nitrogens with one attached hydrogen (secondary N) is 1. The first-order valence-electron chi connectivity index (χ1n) is 9.46. The first-order valence-corrected chi connectivity index (χ1v) is 9.46. The van der Waals surface area contributed by atoms with Crippen molar-refractivity contribution in [3.63, 3.8) is 0 Å². The molecular weight excluding hydrogens is 314 g/mol. The Morgan fingerprint density at radius 1 is 0.920 bits per heavy atom. The fourth-order valence-electron chi connectivity index (χ4n) is 3.47. The average Bonchev–Trinajstić information content (AvgIpc) is 3.14. The van der Waals surface area contributed by atoms with E-state index in [1.165, 1.54) is 64.2 Å². The summed E-state index contributed by atoms with van der Waals surface area (Å²) in [5, 5.41) is 19.0. The van der Waals surface area contributed by atoms with E-state index >= 15 is 0 Å². The normalized spacial score (nSPS) is 18.9. The predicted octanol–water partition coefficient (Wildman–Crippen LogP) is 4.49. The van der Waals surface area contributed by atoms with Gasteiger partial charge in [0.2, 0.25) is 0 Å². The predicted molar refractivity (Wildman–Crippen MR) is 99.2 cm³/mol. The number of benzene rings is 1. The molecule has 0 radical (unpaired) electrons. The van der Waals surface area contributed by atoms with Gasteiger partial charge in [0.15, 0.2) is 5.52 Å². The van der Waals surface area contributed by atoms with Crippen LogP contribution in [0.4, 0.5) is 0 Å². The highest BCUT2D eigenvalue weighted by Crippen LogP contribution is 2.21. The first kappa shape index (κ1) is 17.6. The Hall–Kier alpha value is -2.20. The fraction of sp³-hybridized carbons (Fsp3) is 0.632. The maximum atomic E-state index is 9.14. The van der Waals surface area contributed by atoms with Gasteiger partial charge >= 0.3 is 0 Å². The molecule has 0 aliphatic heterocycles. The Morgan fingerprint density at radius 2 is 1.52 bits per heavy atom. The van der Waals surface area contributed by atoms with Gasteiger partial charge in [-0.15, -0.1) is 5.10 Å². The van der Waals surface area contributed by atoms with Crippen molar-refractivity contribution in [2.24, 2.45) is 9.98 Å². The lowest BCUT2D eigenvalue weighted by Crippen LogP contribution is -2.10. The van der Waals surface area contributed by atoms with E-state index in [1.807, 2.05) is 0 Å². The molecule has 0 atom stereocenters. The fourth-order valence-corrected chi connectivity index (χ4v) is 3.47. The van der Waals surface area contributed by atoms with E-state index < -0.39 is 0 Å². The number of hydrogen-bond acceptors (Lipinski definition) is 5. The van der Waals surface area contributed by atoms with Crippen LogP contribution in [-0.2, 0) is 0 Å². The highest BCUT2D eigenvalue weighted by Gasteiger charge is 2.12. The largest absolute Gasteiger partial charge is 0.506 e. The molecule has 1 heterocycles. The Morgan fingerprint density at radius 3 is 2.08 bits per heavy atom. The second-order valence-corrected chi connectivity index (χ2v) is 6.93. The highest BCUT2D eigenvalue weighted by atomic mass is 16.3. The van der Waals surface area contributed by atoms with Crippen LogP contribution in [0.1, 0.15) is 64.2 Å². The van der Waals surface area contributed by atoms with Gasteiger partial charge in [0.05, 0.1) is 23.6 Å². The lowest BCUT2D eigenvalue weighted by molar-refractivity contribution is 0.438. The number of aliphatic imine (C=N–C) groups is 2. The molecule has 134 valence electrons. The molecule has 25 heavy (non-hydrogen) atoms. The number of aromatic nitrogens is 3. The molecule has 0 amide bonds. The minimum atomic E-state index is 0.159. The van der Waals surface area contributed by atoms with Gasteiger partial charge in [0.25, 0.3) is 0 Å². The maximum absolute atomic E-state index is 9.14. The van der Waals surface area contributed by atoms with E-state index in [4.69, 9.17) is 5.11 Å². The molecule has 1 aromatic heterocycles. The summed E-state index contributed by atoms with van der Waals surface area (Å²) >= 11 is 0. The molecule has 2 N–H and O–H groups in total. The Kier molecular flexibility index (Phi) is 6.57. The summed E-state index contributed by atoms with van der Waals surface area (Å²) in [6.07, 6.45) is 13.2. The number of hydrogen-bond donors (Lipinski definition) is 2. The topological polar surface area (TPSA) is 86.5 Å². The second kappa shape index (κ2) is 9.33. The molecular formula is C19H27N5O. The van der Waals surface area contributed by atoms with Crippen LogP contribution in [-0.4, -0.2) is 38.6 Å². The summed E-state index contributed by atoms with van der Waals surface area (Å²) in [6.45, 7) is 0. The highest BCUT2D eigenvalue weighted by molar-refractivity contribution is 5.79. The number of aromatic amines is 1. The zero-order chi connectivity index (χ0) is 17.3. The molecule has 0 saturated heterocycles. The van der Waals surface area contributed by atoms with Crippen molar-refractivity contribution in [1.29, 1.82) is 0 Å². The second-order valence-electron chi connectivity index (χ2n) is 6.93. The van der Waals surface area contributed by atoms with Gasteiger partial charge in [-0.1, -0.05) is 49.8 Å². The monoisotopic (exact) mass is 341 g/mol. The van der Waals surface area contributed by atoms with Crippen LogP contribution in [0.25, 0.3) is 11.0 Å². The van der Waals surface area contributed by atoms with Crippen LogP contribution in [0, 0.1) is 0 Å². The van der Waals surface area contributed by atoms with Gasteiger partial charge in [-0.2, -0.15) is 0 Å². The molecule has 2 aromatic rings. The van der Waals surface area contributed by atoms with Crippen molar-refractivity contribution in [2.45, 2.75) is 76.3 Å². The molecule has 4 rings (SSSR count). The number of phenolic OH excluding ortho intramolecular Hbond substituents is 1. The van der Waals surface area contributed by atoms with Crippen molar-refractivity contribution in [3.8, 4) is 5.75 Å². The number of H-pyrrole nitrogens is 1. The van der Waals surface area contributed by atoms with Gasteiger partial charge in [0, 0.05) is 0 Å². The third kappa shape index (κ3) is 5.40. The van der Waals surface area contributed by atoms with Crippen LogP contribution < -0.4 is 0 Å². The summed E-state index contributed by atoms with van der Waals surface area (Å²) in [4.78, 5) is 8.92. The minimum Gasteiger partial charge on any atom is -0.506 e. The van der Waals surface area contributed by atoms with E-state index in [9.17, 15) is 0 Å². The van der Waals surface area contributed by atoms with Crippen molar-refractivity contribution < 1.29 is 5.11 Å². The van der Waals surface area contributed by atoms with Gasteiger partial charge in [-0.05, 0) is 37.8 Å². The van der Waals surface area contributed by atoms with E-state index in [0.29, 0.717) is 17.6 Å². The van der Waals surface area contributed by atoms with Crippen molar-refractivity contribution in [2.75, 3.05) is 0 Å². The molecule has 0 unspecified atom stereocenters. The molecule has 1 aromatic carbocycles. The summed E-state index contributed by atoms with van der Waals surface area (Å²) < 4.78 is 0. The standard InChI is InChI=1S/C13H22N2.C6H5N3O/c1-3-7-12(8-4-1)14-11-15-13-9-5-2-6-10-13;10-5-3-1-2-4-6(5)8-9-7-4/h12-13H,1-10H2;1-3,10H,(H,7,8,9). The summed E-state index contributed by atoms with van der Waals surface area (Å²) in [5.74, 6) is 0.159. The van der Waals surface area contributed by atoms with Gasteiger partial charge < -0.3 is 5.11 Å². The van der Waals surface area contributed by atoms with Crippen LogP contribution in [0.2, 0.25) is 0 Å². The molecule has 6 nitrogen and oxygen atoms in total. The van der Waals surface area contributed by atoms with E-state index in [-0.39, 0.29) is 5.75 Å². The molecule has 2 aliphatic rings. The number of nitrogens with zero attached hydrogens (tertiary/aromatic N) is 4. The number of aromatic hydroxyl groups is 1. The lowest BCUT2D eigenvalue weighted by Gasteiger charge is -2.17. The SMILES string of the molecule is C(=NC1CCCCC1)=NC1CCCCC1.Oc1cccc2[nH]nnc12. The van der Waals surface area contributed by atoms with Gasteiger partial charge in [-0.25, -0.2) is 9.98 Å². The zero-order valence-electron chi connectivity index (χ0n) is 14.7. The van der Waals surface area contributed by atoms with Crippen molar-refractivity contribution >= 4 is 17.0 Å². The zero-order valence-corrected chi connectivity index (χ0v) is 14.7. The third-order valence-corrected chi connectivity index (χ3v) is 4.97. The van der Waals surface area contributed by atoms with Crippen LogP contribution in [0.15, 0.2) is 28.2 Å².